The van der Waals surface area contributed by atoms with Crippen LogP contribution >= 0.6 is 11.6 Å². The minimum absolute atomic E-state index is 0.0666. The molecule has 0 aliphatic carbocycles. The van der Waals surface area contributed by atoms with Crippen LogP contribution in [-0.4, -0.2) is 44.1 Å². The summed E-state index contributed by atoms with van der Waals surface area (Å²) in [4.78, 5) is 0. The lowest BCUT2D eigenvalue weighted by molar-refractivity contribution is 0.305. The molecule has 1 aromatic heterocycles. The average Bonchev–Trinajstić information content (AvgIpc) is 3.08. The number of rotatable bonds is 7. The van der Waals surface area contributed by atoms with Crippen molar-refractivity contribution < 1.29 is 18.4 Å². The molecule has 0 aliphatic rings. The molecule has 0 aliphatic heterocycles. The number of nitrogens with one attached hydrogen (secondary N) is 2. The Morgan fingerprint density at radius 1 is 1.52 bits per heavy atom. The third-order valence-corrected chi connectivity index (χ3v) is 5.03. The first-order valence-corrected chi connectivity index (χ1v) is 9.92. The van der Waals surface area contributed by atoms with Gasteiger partial charge in [0.05, 0.1) is 14.8 Å². The average molecular weight is 416 g/mol. The van der Waals surface area contributed by atoms with Crippen molar-refractivity contribution in [3.05, 3.63) is 34.7 Å². The molecule has 1 aromatic carbocycles. The molecule has 0 spiro atoms. The van der Waals surface area contributed by atoms with E-state index in [1.165, 1.54) is 24.6 Å². The SMILES string of the molecule is CS(=O)(CCCNc1nonc1/C(=N/O)Nc1ccc(F)c(Cl)c1)=NC#N. The van der Waals surface area contributed by atoms with E-state index in [4.69, 9.17) is 16.9 Å². The standard InChI is InChI=1S/C14H15ClFN7O3S/c1-27(25,19-8-17)6-2-5-18-13-12(22-26-23-13)14(21-24)20-9-3-4-11(16)10(15)7-9/h3-4,7,24H,2,5-6H2,1H3,(H,18,23)(H,20,21). The van der Waals surface area contributed by atoms with Gasteiger partial charge in [0.25, 0.3) is 0 Å². The van der Waals surface area contributed by atoms with Gasteiger partial charge < -0.3 is 15.8 Å². The summed E-state index contributed by atoms with van der Waals surface area (Å²) in [5.74, 6) is -0.323. The second-order valence-corrected chi connectivity index (χ2v) is 8.22. The molecule has 1 heterocycles. The van der Waals surface area contributed by atoms with E-state index in [-0.39, 0.29) is 28.1 Å². The van der Waals surface area contributed by atoms with Crippen molar-refractivity contribution in [2.45, 2.75) is 6.42 Å². The van der Waals surface area contributed by atoms with Crippen molar-refractivity contribution in [3.63, 3.8) is 0 Å². The summed E-state index contributed by atoms with van der Waals surface area (Å²) >= 11 is 5.71. The molecule has 0 radical (unpaired) electrons. The van der Waals surface area contributed by atoms with Crippen LogP contribution in [-0.2, 0) is 9.73 Å². The van der Waals surface area contributed by atoms with Crippen LogP contribution in [0.15, 0.2) is 32.3 Å². The molecular formula is C14H15ClFN7O3S. The van der Waals surface area contributed by atoms with E-state index in [2.05, 4.69) is 35.1 Å². The Kier molecular flexibility index (Phi) is 6.91. The number of nitrogens with zero attached hydrogens (tertiary/aromatic N) is 5. The summed E-state index contributed by atoms with van der Waals surface area (Å²) in [6.07, 6.45) is 3.36. The topological polar surface area (TPSA) is 149 Å². The van der Waals surface area contributed by atoms with Gasteiger partial charge in [-0.15, -0.1) is 4.36 Å². The minimum atomic E-state index is -2.56. The maximum Gasteiger partial charge on any atom is 0.214 e. The predicted molar refractivity (Wildman–Crippen MR) is 97.7 cm³/mol. The Morgan fingerprint density at radius 2 is 2.30 bits per heavy atom. The zero-order chi connectivity index (χ0) is 19.9. The fourth-order valence-electron chi connectivity index (χ4n) is 1.98. The van der Waals surface area contributed by atoms with E-state index in [0.717, 1.165) is 6.07 Å². The monoisotopic (exact) mass is 415 g/mol. The van der Waals surface area contributed by atoms with Crippen molar-refractivity contribution in [3.8, 4) is 6.19 Å². The molecule has 0 fully saturated rings. The lowest BCUT2D eigenvalue weighted by Gasteiger charge is -2.08. The number of aromatic nitrogens is 2. The van der Waals surface area contributed by atoms with Gasteiger partial charge in [-0.25, -0.2) is 13.2 Å². The van der Waals surface area contributed by atoms with Gasteiger partial charge in [0.1, 0.15) is 5.82 Å². The Balaban J connectivity index is 2.03. The molecular weight excluding hydrogens is 401 g/mol. The highest BCUT2D eigenvalue weighted by Crippen LogP contribution is 2.21. The first kappa shape index (κ1) is 20.4. The largest absolute Gasteiger partial charge is 0.409 e. The van der Waals surface area contributed by atoms with E-state index in [0.29, 0.717) is 18.7 Å². The van der Waals surface area contributed by atoms with E-state index in [1.54, 1.807) is 0 Å². The molecule has 0 saturated carbocycles. The van der Waals surface area contributed by atoms with Gasteiger partial charge in [-0.3, -0.25) is 0 Å². The lowest BCUT2D eigenvalue weighted by atomic mass is 10.3. The van der Waals surface area contributed by atoms with Crippen LogP contribution in [0.2, 0.25) is 5.02 Å². The number of halogens is 2. The molecule has 3 N–H and O–H groups in total. The van der Waals surface area contributed by atoms with Crippen molar-refractivity contribution >= 4 is 38.7 Å². The predicted octanol–water partition coefficient (Wildman–Crippen LogP) is 2.49. The van der Waals surface area contributed by atoms with Crippen LogP contribution in [0, 0.1) is 17.3 Å². The van der Waals surface area contributed by atoms with Gasteiger partial charge in [0, 0.05) is 24.2 Å². The molecule has 0 amide bonds. The number of benzene rings is 1. The molecule has 144 valence electrons. The molecule has 0 bridgehead atoms. The maximum atomic E-state index is 13.2. The van der Waals surface area contributed by atoms with Crippen molar-refractivity contribution in [2.75, 3.05) is 29.2 Å². The van der Waals surface area contributed by atoms with Gasteiger partial charge in [-0.1, -0.05) is 16.8 Å². The summed E-state index contributed by atoms with van der Waals surface area (Å²) in [6.45, 7) is 0.327. The van der Waals surface area contributed by atoms with Crippen molar-refractivity contribution in [1.82, 2.24) is 10.3 Å². The van der Waals surface area contributed by atoms with Crippen molar-refractivity contribution in [2.24, 2.45) is 9.52 Å². The Hall–Kier alpha value is -2.91. The Morgan fingerprint density at radius 3 is 2.96 bits per heavy atom. The fourth-order valence-corrected chi connectivity index (χ4v) is 3.11. The number of amidine groups is 1. The molecule has 1 unspecified atom stereocenters. The van der Waals surface area contributed by atoms with Crippen LogP contribution < -0.4 is 10.6 Å². The van der Waals surface area contributed by atoms with Crippen LogP contribution in [0.3, 0.4) is 0 Å². The minimum Gasteiger partial charge on any atom is -0.409 e. The third-order valence-electron chi connectivity index (χ3n) is 3.22. The maximum absolute atomic E-state index is 13.2. The second kappa shape index (κ2) is 9.15. The van der Waals surface area contributed by atoms with Crippen LogP contribution in [0.25, 0.3) is 0 Å². The molecule has 10 nitrogen and oxygen atoms in total. The smallest absolute Gasteiger partial charge is 0.214 e. The summed E-state index contributed by atoms with van der Waals surface area (Å²) in [5, 5.41) is 33.6. The zero-order valence-corrected chi connectivity index (χ0v) is 15.6. The van der Waals surface area contributed by atoms with Crippen LogP contribution in [0.5, 0.6) is 0 Å². The first-order valence-electron chi connectivity index (χ1n) is 7.45. The van der Waals surface area contributed by atoms with Gasteiger partial charge in [0.2, 0.25) is 17.8 Å². The van der Waals surface area contributed by atoms with Gasteiger partial charge in [-0.2, -0.15) is 5.26 Å². The van der Waals surface area contributed by atoms with Crippen molar-refractivity contribution in [1.29, 1.82) is 5.26 Å². The molecule has 0 saturated heterocycles. The summed E-state index contributed by atoms with van der Waals surface area (Å²) in [7, 11) is -2.56. The second-order valence-electron chi connectivity index (χ2n) is 5.30. The fraction of sp³-hybridized carbons (Fsp3) is 0.286. The number of hydrogen-bond donors (Lipinski definition) is 3. The first-order chi connectivity index (χ1) is 12.9. The summed E-state index contributed by atoms with van der Waals surface area (Å²) in [6, 6.07) is 3.84. The van der Waals surface area contributed by atoms with Crippen LogP contribution in [0.4, 0.5) is 15.9 Å². The van der Waals surface area contributed by atoms with Gasteiger partial charge in [-0.05, 0) is 34.9 Å². The van der Waals surface area contributed by atoms with Gasteiger partial charge in [0.15, 0.2) is 5.69 Å². The Labute approximate surface area is 159 Å². The highest BCUT2D eigenvalue weighted by molar-refractivity contribution is 7.92. The van der Waals surface area contributed by atoms with Gasteiger partial charge >= 0.3 is 0 Å². The van der Waals surface area contributed by atoms with E-state index < -0.39 is 15.5 Å². The normalized spacial score (nSPS) is 13.5. The van der Waals surface area contributed by atoms with Crippen LogP contribution in [0.1, 0.15) is 12.1 Å². The third kappa shape index (κ3) is 5.80. The summed E-state index contributed by atoms with van der Waals surface area (Å²) in [5.41, 5.74) is 0.420. The van der Waals surface area contributed by atoms with E-state index in [9.17, 15) is 13.8 Å². The number of nitriles is 1. The molecule has 27 heavy (non-hydrogen) atoms. The number of oxime groups is 1. The quantitative estimate of drug-likeness (QED) is 0.156. The highest BCUT2D eigenvalue weighted by atomic mass is 35.5. The molecule has 1 atom stereocenters. The van der Waals surface area contributed by atoms with E-state index in [1.807, 2.05) is 0 Å². The number of hydrogen-bond acceptors (Lipinski definition) is 9. The zero-order valence-electron chi connectivity index (χ0n) is 14.0. The molecule has 13 heteroatoms. The number of anilines is 2. The summed E-state index contributed by atoms with van der Waals surface area (Å²) < 4.78 is 33.1. The lowest BCUT2D eigenvalue weighted by Crippen LogP contribution is -2.17. The highest BCUT2D eigenvalue weighted by Gasteiger charge is 2.18. The molecule has 2 rings (SSSR count). The van der Waals surface area contributed by atoms with E-state index >= 15 is 0 Å². The molecule has 2 aromatic rings. The Bertz CT molecular complexity index is 995.